The fraction of sp³-hybridized carbons (Fsp3) is 0.481. The van der Waals surface area contributed by atoms with Crippen LogP contribution in [0.4, 0.5) is 0 Å². The van der Waals surface area contributed by atoms with E-state index in [-0.39, 0.29) is 11.7 Å². The highest BCUT2D eigenvalue weighted by Crippen LogP contribution is 2.31. The molecule has 35 heavy (non-hydrogen) atoms. The number of aryl methyl sites for hydroxylation is 2. The van der Waals surface area contributed by atoms with Crippen LogP contribution in [0.2, 0.25) is 0 Å². The lowest BCUT2D eigenvalue weighted by Crippen LogP contribution is -2.31. The molecule has 5 rings (SSSR count). The van der Waals surface area contributed by atoms with Gasteiger partial charge in [-0.3, -0.25) is 9.13 Å². The van der Waals surface area contributed by atoms with E-state index in [0.29, 0.717) is 18.1 Å². The minimum Gasteiger partial charge on any atom is -0.478 e. The predicted octanol–water partition coefficient (Wildman–Crippen LogP) is 4.49. The normalized spacial score (nSPS) is 14.9. The molecule has 0 spiro atoms. The molecule has 4 heterocycles. The van der Waals surface area contributed by atoms with Crippen LogP contribution >= 0.6 is 0 Å². The van der Waals surface area contributed by atoms with E-state index in [2.05, 4.69) is 33.1 Å². The lowest BCUT2D eigenvalue weighted by molar-refractivity contribution is 0.203. The molecule has 0 saturated carbocycles. The van der Waals surface area contributed by atoms with E-state index in [9.17, 15) is 4.79 Å². The van der Waals surface area contributed by atoms with Crippen molar-refractivity contribution in [2.24, 2.45) is 7.05 Å². The van der Waals surface area contributed by atoms with Crippen molar-refractivity contribution < 1.29 is 4.74 Å². The second-order valence-corrected chi connectivity index (χ2v) is 9.85. The summed E-state index contributed by atoms with van der Waals surface area (Å²) in [6, 6.07) is 8.14. The number of fused-ring (bicyclic) bond motifs is 3. The molecule has 1 aliphatic rings. The van der Waals surface area contributed by atoms with Crippen LogP contribution in [0.25, 0.3) is 33.2 Å². The van der Waals surface area contributed by atoms with E-state index in [1.807, 2.05) is 38.2 Å². The summed E-state index contributed by atoms with van der Waals surface area (Å²) < 4.78 is 9.27. The quantitative estimate of drug-likeness (QED) is 0.367. The van der Waals surface area contributed by atoms with Crippen LogP contribution in [0.1, 0.15) is 51.1 Å². The third kappa shape index (κ3) is 4.55. The van der Waals surface area contributed by atoms with Gasteiger partial charge in [-0.25, -0.2) is 9.78 Å². The molecular formula is C27H34N6O2. The summed E-state index contributed by atoms with van der Waals surface area (Å²) >= 11 is 0. The van der Waals surface area contributed by atoms with Gasteiger partial charge in [0.2, 0.25) is 5.88 Å². The van der Waals surface area contributed by atoms with Crippen LogP contribution in [0.15, 0.2) is 35.3 Å². The number of hydrogen-bond acceptors (Lipinski definition) is 6. The fourth-order valence-electron chi connectivity index (χ4n) is 5.11. The van der Waals surface area contributed by atoms with Crippen molar-refractivity contribution in [3.8, 4) is 17.0 Å². The number of piperidine rings is 1. The summed E-state index contributed by atoms with van der Waals surface area (Å²) in [5, 5.41) is 9.68. The average Bonchev–Trinajstić information content (AvgIpc) is 3.13. The highest BCUT2D eigenvalue weighted by atomic mass is 16.5. The third-order valence-electron chi connectivity index (χ3n) is 6.99. The monoisotopic (exact) mass is 474 g/mol. The summed E-state index contributed by atoms with van der Waals surface area (Å²) in [7, 11) is 1.74. The molecule has 4 aromatic rings. The molecule has 0 radical (unpaired) electrons. The zero-order valence-corrected chi connectivity index (χ0v) is 21.1. The Morgan fingerprint density at radius 3 is 2.60 bits per heavy atom. The van der Waals surface area contributed by atoms with Gasteiger partial charge in [0.1, 0.15) is 5.52 Å². The van der Waals surface area contributed by atoms with Gasteiger partial charge in [0.15, 0.2) is 5.65 Å². The summed E-state index contributed by atoms with van der Waals surface area (Å²) in [6.07, 6.45) is 6.87. The van der Waals surface area contributed by atoms with Gasteiger partial charge < -0.3 is 9.64 Å². The van der Waals surface area contributed by atoms with Crippen molar-refractivity contribution in [2.75, 3.05) is 26.2 Å². The smallest absolute Gasteiger partial charge is 0.330 e. The summed E-state index contributed by atoms with van der Waals surface area (Å²) in [5.74, 6) is 0.649. The van der Waals surface area contributed by atoms with Gasteiger partial charge in [0.25, 0.3) is 0 Å². The van der Waals surface area contributed by atoms with E-state index < -0.39 is 0 Å². The molecule has 8 nitrogen and oxygen atoms in total. The van der Waals surface area contributed by atoms with Crippen LogP contribution in [-0.2, 0) is 7.05 Å². The zero-order valence-electron chi connectivity index (χ0n) is 21.1. The van der Waals surface area contributed by atoms with E-state index >= 15 is 0 Å². The Hall–Kier alpha value is -3.26. The van der Waals surface area contributed by atoms with Gasteiger partial charge in [-0.15, -0.1) is 10.2 Å². The molecule has 0 bridgehead atoms. The molecule has 3 aromatic heterocycles. The molecule has 0 aliphatic carbocycles. The van der Waals surface area contributed by atoms with Crippen molar-refractivity contribution >= 4 is 22.1 Å². The molecule has 0 N–H and O–H groups in total. The van der Waals surface area contributed by atoms with Gasteiger partial charge in [-0.05, 0) is 82.4 Å². The molecular weight excluding hydrogens is 440 g/mol. The maximum absolute atomic E-state index is 12.9. The van der Waals surface area contributed by atoms with E-state index in [4.69, 9.17) is 4.74 Å². The third-order valence-corrected chi connectivity index (χ3v) is 6.99. The van der Waals surface area contributed by atoms with Crippen molar-refractivity contribution in [3.63, 3.8) is 0 Å². The molecule has 184 valence electrons. The molecule has 1 saturated heterocycles. The Labute approximate surface area is 205 Å². The minimum atomic E-state index is -0.0811. The number of rotatable bonds is 7. The maximum Gasteiger partial charge on any atom is 0.330 e. The van der Waals surface area contributed by atoms with Crippen LogP contribution in [0.3, 0.4) is 0 Å². The lowest BCUT2D eigenvalue weighted by atomic mass is 9.99. The van der Waals surface area contributed by atoms with Gasteiger partial charge in [-0.1, -0.05) is 6.42 Å². The highest BCUT2D eigenvalue weighted by molar-refractivity contribution is 6.03. The van der Waals surface area contributed by atoms with Gasteiger partial charge in [-0.2, -0.15) is 0 Å². The first-order chi connectivity index (χ1) is 16.9. The Balaban J connectivity index is 1.40. The van der Waals surface area contributed by atoms with E-state index in [1.54, 1.807) is 16.2 Å². The van der Waals surface area contributed by atoms with Crippen molar-refractivity contribution in [2.45, 2.75) is 52.5 Å². The second kappa shape index (κ2) is 9.77. The topological polar surface area (TPSA) is 78.1 Å². The lowest BCUT2D eigenvalue weighted by Gasteiger charge is -2.26. The Kier molecular flexibility index (Phi) is 6.56. The SMILES string of the molecule is Cc1cc2nnc3c(c2cc1-c1ccc(OCCCN2CCCCC2)nc1)n(C(C)C)c(=O)n3C. The van der Waals surface area contributed by atoms with Crippen LogP contribution in [0.5, 0.6) is 5.88 Å². The largest absolute Gasteiger partial charge is 0.478 e. The number of pyridine rings is 1. The van der Waals surface area contributed by atoms with Crippen molar-refractivity contribution in [3.05, 3.63) is 46.5 Å². The number of imidazole rings is 1. The van der Waals surface area contributed by atoms with E-state index in [1.165, 1.54) is 32.4 Å². The molecule has 0 unspecified atom stereocenters. The maximum atomic E-state index is 12.9. The van der Waals surface area contributed by atoms with Crippen LogP contribution < -0.4 is 10.4 Å². The zero-order chi connectivity index (χ0) is 24.5. The number of likely N-dealkylation sites (tertiary alicyclic amines) is 1. The molecule has 1 aromatic carbocycles. The number of ether oxygens (including phenoxy) is 1. The Morgan fingerprint density at radius 1 is 1.09 bits per heavy atom. The van der Waals surface area contributed by atoms with Crippen LogP contribution in [0, 0.1) is 6.92 Å². The van der Waals surface area contributed by atoms with Crippen molar-refractivity contribution in [1.29, 1.82) is 0 Å². The van der Waals surface area contributed by atoms with Gasteiger partial charge in [0.05, 0.1) is 12.1 Å². The number of nitrogens with zero attached hydrogens (tertiary/aromatic N) is 6. The van der Waals surface area contributed by atoms with Gasteiger partial charge >= 0.3 is 5.69 Å². The molecule has 1 fully saturated rings. The highest BCUT2D eigenvalue weighted by Gasteiger charge is 2.19. The number of aromatic nitrogens is 5. The molecule has 0 atom stereocenters. The average molecular weight is 475 g/mol. The number of benzene rings is 1. The predicted molar refractivity (Wildman–Crippen MR) is 139 cm³/mol. The number of hydrogen-bond donors (Lipinski definition) is 0. The van der Waals surface area contributed by atoms with E-state index in [0.717, 1.165) is 46.1 Å². The summed E-state index contributed by atoms with van der Waals surface area (Å²) in [5.41, 5.74) is 5.25. The molecule has 8 heteroatoms. The summed E-state index contributed by atoms with van der Waals surface area (Å²) in [4.78, 5) is 20.0. The Morgan fingerprint density at radius 2 is 1.89 bits per heavy atom. The first kappa shape index (κ1) is 23.5. The first-order valence-electron chi connectivity index (χ1n) is 12.6. The first-order valence-corrected chi connectivity index (χ1v) is 12.6. The molecule has 1 aliphatic heterocycles. The second-order valence-electron chi connectivity index (χ2n) is 9.85. The molecule has 0 amide bonds. The minimum absolute atomic E-state index is 0.0105. The van der Waals surface area contributed by atoms with Gasteiger partial charge in [0, 0.05) is 42.8 Å². The fourth-order valence-corrected chi connectivity index (χ4v) is 5.11. The van der Waals surface area contributed by atoms with Crippen molar-refractivity contribution in [1.82, 2.24) is 29.2 Å². The Bertz CT molecular complexity index is 1400. The summed E-state index contributed by atoms with van der Waals surface area (Å²) in [6.45, 7) is 10.3. The standard InChI is InChI=1S/C27H34N6O2/c1-18(2)33-25-22-16-21(19(3)15-23(22)29-30-26(25)31(4)27(33)34)20-9-10-24(28-17-20)35-14-8-13-32-11-6-5-7-12-32/h9-10,15-18H,5-8,11-14H2,1-4H3. The van der Waals surface area contributed by atoms with Crippen LogP contribution in [-0.4, -0.2) is 55.5 Å².